The Morgan fingerprint density at radius 1 is 0.533 bits per heavy atom. The van der Waals surface area contributed by atoms with Gasteiger partial charge in [0.25, 0.3) is 0 Å². The zero-order chi connectivity index (χ0) is 20.4. The van der Waals surface area contributed by atoms with Crippen LogP contribution in [-0.4, -0.2) is 5.29 Å². The lowest BCUT2D eigenvalue weighted by Crippen LogP contribution is -2.30. The van der Waals surface area contributed by atoms with Crippen molar-refractivity contribution in [2.45, 2.75) is 0 Å². The minimum absolute atomic E-state index is 0.736. The maximum Gasteiger partial charge on any atom is 0.0998 e. The molecule has 2 heteroatoms. The Balaban J connectivity index is 2.06. The van der Waals surface area contributed by atoms with Gasteiger partial charge in [-0.15, -0.1) is 0 Å². The summed E-state index contributed by atoms with van der Waals surface area (Å²) >= 11 is 0. The molecule has 142 valence electrons. The first-order valence-electron chi connectivity index (χ1n) is 10.0. The van der Waals surface area contributed by atoms with Gasteiger partial charge in [-0.3, -0.25) is 0 Å². The zero-order valence-corrected chi connectivity index (χ0v) is 17.3. The summed E-state index contributed by atoms with van der Waals surface area (Å²) in [7, 11) is 0. The Hall–Kier alpha value is -3.59. The van der Waals surface area contributed by atoms with Crippen LogP contribution in [0.4, 0.5) is 0 Å². The van der Waals surface area contributed by atoms with Crippen molar-refractivity contribution >= 4 is 34.2 Å². The van der Waals surface area contributed by atoms with E-state index in [1.807, 2.05) is 12.1 Å². The van der Waals surface area contributed by atoms with Crippen LogP contribution in [0.2, 0.25) is 0 Å². The molecule has 4 aromatic rings. The first-order chi connectivity index (χ1) is 14.9. The number of fused-ring (bicyclic) bond motifs is 1. The van der Waals surface area contributed by atoms with Crippen molar-refractivity contribution in [3.8, 4) is 6.07 Å². The van der Waals surface area contributed by atoms with E-state index < -0.39 is 6.89 Å². The number of allylic oxidation sites excluding steroid dienone is 1. The fourth-order valence-corrected chi connectivity index (χ4v) is 8.91. The molecule has 0 bridgehead atoms. The van der Waals surface area contributed by atoms with Gasteiger partial charge in [-0.25, -0.2) is 0 Å². The average Bonchev–Trinajstić information content (AvgIpc) is 3.26. The normalized spacial score (nSPS) is 12.4. The molecule has 0 fully saturated rings. The molecule has 1 aliphatic rings. The summed E-state index contributed by atoms with van der Waals surface area (Å²) in [5.74, 6) is 0. The van der Waals surface area contributed by atoms with E-state index >= 15 is 0 Å². The molecule has 0 unspecified atom stereocenters. The second kappa shape index (κ2) is 7.68. The van der Waals surface area contributed by atoms with E-state index in [0.717, 1.165) is 16.7 Å². The molecule has 0 heterocycles. The molecule has 1 nitrogen and oxygen atoms in total. The van der Waals surface area contributed by atoms with Gasteiger partial charge in [-0.05, 0) is 39.7 Å². The Morgan fingerprint density at radius 2 is 1.03 bits per heavy atom. The molecule has 0 aromatic heterocycles. The first-order valence-corrected chi connectivity index (χ1v) is 11.8. The number of nitrogens with zero attached hydrogens (tertiary/aromatic N) is 1. The van der Waals surface area contributed by atoms with Crippen molar-refractivity contribution in [1.82, 2.24) is 0 Å². The quantitative estimate of drug-likeness (QED) is 0.438. The lowest BCUT2D eigenvalue weighted by molar-refractivity contribution is 1.47. The number of nitriles is 1. The Labute approximate surface area is 177 Å². The van der Waals surface area contributed by atoms with E-state index in [-0.39, 0.29) is 0 Å². The van der Waals surface area contributed by atoms with Crippen LogP contribution < -0.4 is 15.9 Å². The van der Waals surface area contributed by atoms with E-state index in [2.05, 4.69) is 115 Å². The monoisotopic (exact) mass is 401 g/mol. The zero-order valence-electron chi connectivity index (χ0n) is 16.4. The van der Waals surface area contributed by atoms with Gasteiger partial charge in [0.1, 0.15) is 0 Å². The van der Waals surface area contributed by atoms with Crippen molar-refractivity contribution < 1.29 is 0 Å². The fraction of sp³-hybridized carbons (Fsp3) is 0. The van der Waals surface area contributed by atoms with E-state index in [0.29, 0.717) is 0 Å². The number of benzene rings is 4. The molecule has 0 amide bonds. The molecule has 5 rings (SSSR count). The van der Waals surface area contributed by atoms with Crippen LogP contribution in [0, 0.1) is 11.3 Å². The second-order valence-electron chi connectivity index (χ2n) is 7.28. The maximum atomic E-state index is 9.92. The summed E-state index contributed by atoms with van der Waals surface area (Å²) in [6.45, 7) is -2.19. The maximum absolute atomic E-state index is 9.92. The molecule has 0 radical (unpaired) electrons. The summed E-state index contributed by atoms with van der Waals surface area (Å²) < 4.78 is 0. The number of rotatable bonds is 3. The third-order valence-corrected chi connectivity index (χ3v) is 10.00. The predicted octanol–water partition coefficient (Wildman–Crippen LogP) is 5.10. The van der Waals surface area contributed by atoms with Gasteiger partial charge in [0.2, 0.25) is 0 Å². The number of hydrogen-bond acceptors (Lipinski definition) is 1. The van der Waals surface area contributed by atoms with Crippen molar-refractivity contribution in [1.29, 1.82) is 5.26 Å². The van der Waals surface area contributed by atoms with Gasteiger partial charge in [0, 0.05) is 5.56 Å². The molecule has 0 N–H and O–H groups in total. The Bertz CT molecular complexity index is 1220. The predicted molar refractivity (Wildman–Crippen MR) is 129 cm³/mol. The van der Waals surface area contributed by atoms with Crippen LogP contribution in [-0.2, 0) is 0 Å². The highest BCUT2D eigenvalue weighted by Gasteiger charge is 2.32. The highest BCUT2D eigenvalue weighted by atomic mass is 31.2. The lowest BCUT2D eigenvalue weighted by atomic mass is 10.0. The standard InChI is InChI=1S/C28H20NP/c29-21-23-12-10-11-22-19-20-27(28(22)23)30(24-13-4-1-5-14-24,25-15-6-2-7-16-25)26-17-8-3-9-18-26/h1-20H. The van der Waals surface area contributed by atoms with Gasteiger partial charge in [-0.2, -0.15) is 5.26 Å². The summed E-state index contributed by atoms with van der Waals surface area (Å²) in [5, 5.41) is 15.0. The largest absolute Gasteiger partial charge is 0.192 e. The van der Waals surface area contributed by atoms with E-state index in [9.17, 15) is 5.26 Å². The number of hydrogen-bond donors (Lipinski definition) is 0. The third kappa shape index (κ3) is 2.78. The fourth-order valence-electron chi connectivity index (χ4n) is 4.44. The molecule has 30 heavy (non-hydrogen) atoms. The van der Waals surface area contributed by atoms with E-state index in [4.69, 9.17) is 0 Å². The van der Waals surface area contributed by atoms with Crippen molar-refractivity contribution in [3.63, 3.8) is 0 Å². The molecule has 0 aliphatic heterocycles. The smallest absolute Gasteiger partial charge is 0.0998 e. The van der Waals surface area contributed by atoms with Crippen molar-refractivity contribution in [3.05, 3.63) is 132 Å². The Morgan fingerprint density at radius 3 is 1.50 bits per heavy atom. The lowest BCUT2D eigenvalue weighted by Gasteiger charge is -2.32. The summed E-state index contributed by atoms with van der Waals surface area (Å²) in [6.07, 6.45) is 4.40. The molecular weight excluding hydrogens is 381 g/mol. The van der Waals surface area contributed by atoms with Crippen LogP contribution >= 0.6 is 6.89 Å². The molecule has 1 aliphatic carbocycles. The summed E-state index contributed by atoms with van der Waals surface area (Å²) in [6, 6.07) is 40.8. The van der Waals surface area contributed by atoms with Crippen LogP contribution in [0.3, 0.4) is 0 Å². The molecule has 0 saturated carbocycles. The molecule has 0 spiro atoms. The second-order valence-corrected chi connectivity index (χ2v) is 10.7. The Kier molecular flexibility index (Phi) is 4.72. The molecule has 0 atom stereocenters. The average molecular weight is 401 g/mol. The molecule has 0 saturated heterocycles. The summed E-state index contributed by atoms with van der Waals surface area (Å²) in [4.78, 5) is 0. The van der Waals surface area contributed by atoms with Gasteiger partial charge < -0.3 is 0 Å². The van der Waals surface area contributed by atoms with E-state index in [1.54, 1.807) is 0 Å². The summed E-state index contributed by atoms with van der Waals surface area (Å²) in [5.41, 5.74) is 2.93. The minimum atomic E-state index is -2.19. The topological polar surface area (TPSA) is 23.8 Å². The van der Waals surface area contributed by atoms with Crippen molar-refractivity contribution in [2.24, 2.45) is 0 Å². The van der Waals surface area contributed by atoms with Gasteiger partial charge in [0.05, 0.1) is 11.6 Å². The highest BCUT2D eigenvalue weighted by Crippen LogP contribution is 2.50. The van der Waals surface area contributed by atoms with Crippen LogP contribution in [0.5, 0.6) is 0 Å². The van der Waals surface area contributed by atoms with Crippen LogP contribution in [0.1, 0.15) is 16.7 Å². The van der Waals surface area contributed by atoms with Gasteiger partial charge >= 0.3 is 0 Å². The van der Waals surface area contributed by atoms with Crippen LogP contribution in [0.25, 0.3) is 6.08 Å². The minimum Gasteiger partial charge on any atom is -0.192 e. The molecule has 4 aromatic carbocycles. The molecular formula is C28H20NP. The van der Waals surface area contributed by atoms with Gasteiger partial charge in [0.15, 0.2) is 0 Å². The highest BCUT2D eigenvalue weighted by molar-refractivity contribution is 7.96. The van der Waals surface area contributed by atoms with Crippen LogP contribution in [0.15, 0.2) is 115 Å². The van der Waals surface area contributed by atoms with E-state index in [1.165, 1.54) is 21.2 Å². The van der Waals surface area contributed by atoms with Crippen molar-refractivity contribution in [2.75, 3.05) is 0 Å². The van der Waals surface area contributed by atoms with Gasteiger partial charge in [-0.1, -0.05) is 115 Å². The SMILES string of the molecule is N#Cc1cccc2c1C(=P(c1ccccc1)(c1ccccc1)c1ccccc1)C=C2. The first kappa shape index (κ1) is 18.4. The third-order valence-electron chi connectivity index (χ3n) is 5.69.